The van der Waals surface area contributed by atoms with Gasteiger partial charge in [0.15, 0.2) is 0 Å². The molecule has 6 N–H and O–H groups in total. The number of thiazole rings is 1. The number of carbonyl (C=O) groups excluding carboxylic acids is 4. The highest BCUT2D eigenvalue weighted by Crippen LogP contribution is 2.38. The van der Waals surface area contributed by atoms with Crippen LogP contribution in [-0.4, -0.2) is 57.3 Å². The number of primary amides is 2. The smallest absolute Gasteiger partial charge is 0.243 e. The molecule has 0 bridgehead atoms. The van der Waals surface area contributed by atoms with Crippen LogP contribution in [0.4, 0.5) is 0 Å². The van der Waals surface area contributed by atoms with Crippen molar-refractivity contribution in [2.45, 2.75) is 84.9 Å². The van der Waals surface area contributed by atoms with Crippen molar-refractivity contribution in [3.63, 3.8) is 0 Å². The first-order valence-corrected chi connectivity index (χ1v) is 15.0. The fourth-order valence-corrected chi connectivity index (χ4v) is 6.42. The number of hydrogen-bond acceptors (Lipinski definition) is 7. The predicted octanol–water partition coefficient (Wildman–Crippen LogP) is 2.90. The molecule has 10 nitrogen and oxygen atoms in total. The van der Waals surface area contributed by atoms with Crippen molar-refractivity contribution in [2.75, 3.05) is 6.54 Å². The van der Waals surface area contributed by atoms with Gasteiger partial charge >= 0.3 is 0 Å². The van der Waals surface area contributed by atoms with E-state index in [0.717, 1.165) is 21.7 Å². The molecular formula is C30H43N5O5S. The fourth-order valence-electron chi connectivity index (χ4n) is 5.60. The van der Waals surface area contributed by atoms with Gasteiger partial charge in [-0.3, -0.25) is 19.2 Å². The van der Waals surface area contributed by atoms with Gasteiger partial charge in [-0.2, -0.15) is 0 Å². The molecule has 0 spiro atoms. The largest absolute Gasteiger partial charge is 0.391 e. The van der Waals surface area contributed by atoms with Crippen LogP contribution in [0.3, 0.4) is 0 Å². The molecule has 4 amide bonds. The van der Waals surface area contributed by atoms with E-state index in [2.05, 4.69) is 10.3 Å². The molecule has 224 valence electrons. The molecule has 1 unspecified atom stereocenters. The van der Waals surface area contributed by atoms with Gasteiger partial charge in [-0.05, 0) is 36.3 Å². The minimum atomic E-state index is -0.856. The normalized spacial score (nSPS) is 18.6. The zero-order valence-corrected chi connectivity index (χ0v) is 25.2. The van der Waals surface area contributed by atoms with Gasteiger partial charge in [0, 0.05) is 31.8 Å². The summed E-state index contributed by atoms with van der Waals surface area (Å²) in [5, 5.41) is 13.4. The summed E-state index contributed by atoms with van der Waals surface area (Å²) in [6, 6.07) is 7.01. The second-order valence-electron chi connectivity index (χ2n) is 12.0. The molecular weight excluding hydrogens is 542 g/mol. The number of nitrogens with zero attached hydrogens (tertiary/aromatic N) is 2. The maximum absolute atomic E-state index is 14.0. The van der Waals surface area contributed by atoms with Crippen molar-refractivity contribution < 1.29 is 24.3 Å². The van der Waals surface area contributed by atoms with E-state index in [1.807, 2.05) is 57.5 Å². The van der Waals surface area contributed by atoms with Crippen LogP contribution in [0.15, 0.2) is 29.8 Å². The second kappa shape index (κ2) is 14.0. The molecule has 1 fully saturated rings. The molecule has 0 aliphatic carbocycles. The number of amides is 4. The van der Waals surface area contributed by atoms with E-state index in [-0.39, 0.29) is 43.7 Å². The number of unbranched alkanes of at least 4 members (excludes halogenated alkanes) is 2. The van der Waals surface area contributed by atoms with Crippen LogP contribution in [0.5, 0.6) is 0 Å². The van der Waals surface area contributed by atoms with Gasteiger partial charge < -0.3 is 26.8 Å². The van der Waals surface area contributed by atoms with Gasteiger partial charge in [0.25, 0.3) is 0 Å². The molecule has 3 rings (SSSR count). The molecule has 41 heavy (non-hydrogen) atoms. The van der Waals surface area contributed by atoms with Crippen LogP contribution >= 0.6 is 11.3 Å². The first-order valence-electron chi connectivity index (χ1n) is 14.1. The van der Waals surface area contributed by atoms with Crippen molar-refractivity contribution in [1.82, 2.24) is 15.2 Å². The van der Waals surface area contributed by atoms with E-state index in [1.165, 1.54) is 4.90 Å². The minimum Gasteiger partial charge on any atom is -0.391 e. The third-order valence-electron chi connectivity index (χ3n) is 7.70. The highest BCUT2D eigenvalue weighted by atomic mass is 32.1. The Hall–Kier alpha value is -3.31. The van der Waals surface area contributed by atoms with Crippen molar-refractivity contribution in [1.29, 1.82) is 0 Å². The van der Waals surface area contributed by atoms with Gasteiger partial charge in [0.2, 0.25) is 23.6 Å². The Morgan fingerprint density at radius 3 is 2.37 bits per heavy atom. The van der Waals surface area contributed by atoms with Crippen molar-refractivity contribution in [3.8, 4) is 10.4 Å². The fraction of sp³-hybridized carbons (Fsp3) is 0.567. The first-order chi connectivity index (χ1) is 19.3. The van der Waals surface area contributed by atoms with Gasteiger partial charge in [0.05, 0.1) is 28.1 Å². The average molecular weight is 586 g/mol. The number of aliphatic hydroxyl groups excluding tert-OH is 1. The van der Waals surface area contributed by atoms with E-state index in [9.17, 15) is 24.3 Å². The summed E-state index contributed by atoms with van der Waals surface area (Å²) >= 11 is 1.57. The Kier molecular flexibility index (Phi) is 11.0. The van der Waals surface area contributed by atoms with Crippen molar-refractivity contribution in [2.24, 2.45) is 28.7 Å². The molecule has 1 aromatic heterocycles. The van der Waals surface area contributed by atoms with Crippen LogP contribution in [0.2, 0.25) is 0 Å². The number of likely N-dealkylation sites (tertiary alicyclic amines) is 1. The lowest BCUT2D eigenvalue weighted by atomic mass is 9.70. The molecule has 1 saturated heterocycles. The SMILES string of the molecule is Cc1ncsc1-c1ccc(CNC(=O)[C@H]2C[C@@H](O)CN2C(=O)[C@H](C(CCCCCC(N)=O)C(N)=O)C(C)(C)C)cc1. The molecule has 1 aliphatic heterocycles. The number of rotatable bonds is 13. The van der Waals surface area contributed by atoms with Gasteiger partial charge in [0.1, 0.15) is 6.04 Å². The lowest BCUT2D eigenvalue weighted by molar-refractivity contribution is -0.149. The number of aliphatic hydroxyl groups is 1. The van der Waals surface area contributed by atoms with Gasteiger partial charge in [-0.1, -0.05) is 57.9 Å². The standard InChI is InChI=1S/C30H43N5O5S/c1-18-26(41-17-34-18)20-12-10-19(11-13-20)15-33-28(39)23-14-21(36)16-35(23)29(40)25(30(2,3)4)22(27(32)38)8-6-5-7-9-24(31)37/h10-13,17,21-23,25,36H,5-9,14-16H2,1-4H3,(H2,31,37)(H2,32,38)(H,33,39)/t21-,22?,23-,25+/m1/s1. The summed E-state index contributed by atoms with van der Waals surface area (Å²) in [7, 11) is 0. The zero-order valence-electron chi connectivity index (χ0n) is 24.4. The summed E-state index contributed by atoms with van der Waals surface area (Å²) in [5.41, 5.74) is 15.1. The van der Waals surface area contributed by atoms with E-state index < -0.39 is 35.3 Å². The zero-order chi connectivity index (χ0) is 30.3. The second-order valence-corrected chi connectivity index (χ2v) is 12.9. The summed E-state index contributed by atoms with van der Waals surface area (Å²) in [5.74, 6) is -3.20. The van der Waals surface area contributed by atoms with E-state index in [1.54, 1.807) is 11.3 Å². The Balaban J connectivity index is 1.69. The summed E-state index contributed by atoms with van der Waals surface area (Å²) in [4.78, 5) is 57.7. The van der Waals surface area contributed by atoms with E-state index in [4.69, 9.17) is 11.5 Å². The molecule has 1 aromatic carbocycles. The maximum Gasteiger partial charge on any atom is 0.243 e. The van der Waals surface area contributed by atoms with Crippen LogP contribution in [0.25, 0.3) is 10.4 Å². The number of β-amino-alcohol motifs (C(OH)–C–C–N with tert-alkyl or cyclic N) is 1. The lowest BCUT2D eigenvalue weighted by Gasteiger charge is -2.38. The average Bonchev–Trinajstić information content (AvgIpc) is 3.50. The number of nitrogens with two attached hydrogens (primary N) is 2. The minimum absolute atomic E-state index is 0.0104. The van der Waals surface area contributed by atoms with Gasteiger partial charge in [-0.15, -0.1) is 11.3 Å². The third-order valence-corrected chi connectivity index (χ3v) is 8.68. The topological polar surface area (TPSA) is 169 Å². The lowest BCUT2D eigenvalue weighted by Crippen LogP contribution is -2.52. The van der Waals surface area contributed by atoms with E-state index in [0.29, 0.717) is 25.7 Å². The Bertz CT molecular complexity index is 1220. The number of aryl methyl sites for hydroxylation is 1. The first kappa shape index (κ1) is 32.2. The summed E-state index contributed by atoms with van der Waals surface area (Å²) < 4.78 is 0. The molecule has 11 heteroatoms. The predicted molar refractivity (Wildman–Crippen MR) is 158 cm³/mol. The summed E-state index contributed by atoms with van der Waals surface area (Å²) in [6.45, 7) is 7.86. The molecule has 1 aliphatic rings. The maximum atomic E-state index is 14.0. The number of carbonyl (C=O) groups is 4. The number of benzene rings is 1. The van der Waals surface area contributed by atoms with Crippen LogP contribution in [0.1, 0.15) is 70.6 Å². The Labute approximate surface area is 245 Å². The number of nitrogens with one attached hydrogen (secondary N) is 1. The molecule has 0 saturated carbocycles. The van der Waals surface area contributed by atoms with E-state index >= 15 is 0 Å². The van der Waals surface area contributed by atoms with Crippen molar-refractivity contribution >= 4 is 35.0 Å². The van der Waals surface area contributed by atoms with Gasteiger partial charge in [-0.25, -0.2) is 4.98 Å². The number of aromatic nitrogens is 1. The Morgan fingerprint density at radius 2 is 1.80 bits per heavy atom. The molecule has 0 radical (unpaired) electrons. The molecule has 4 atom stereocenters. The van der Waals surface area contributed by atoms with Crippen LogP contribution in [0, 0.1) is 24.2 Å². The molecule has 2 aromatic rings. The summed E-state index contributed by atoms with van der Waals surface area (Å²) in [6.07, 6.45) is 1.80. The Morgan fingerprint density at radius 1 is 1.12 bits per heavy atom. The third kappa shape index (κ3) is 8.59. The van der Waals surface area contributed by atoms with Crippen LogP contribution < -0.4 is 16.8 Å². The number of hydrogen-bond donors (Lipinski definition) is 4. The monoisotopic (exact) mass is 585 g/mol. The quantitative estimate of drug-likeness (QED) is 0.264. The highest BCUT2D eigenvalue weighted by molar-refractivity contribution is 7.13. The highest BCUT2D eigenvalue weighted by Gasteiger charge is 2.47. The van der Waals surface area contributed by atoms with Crippen molar-refractivity contribution in [3.05, 3.63) is 41.0 Å². The van der Waals surface area contributed by atoms with Crippen LogP contribution in [-0.2, 0) is 25.7 Å². The molecule has 2 heterocycles.